The summed E-state index contributed by atoms with van der Waals surface area (Å²) in [5, 5.41) is 0. The molecule has 0 amide bonds. The van der Waals surface area contributed by atoms with E-state index in [4.69, 9.17) is 15.2 Å². The normalized spacial score (nSPS) is 14.0. The molecule has 1 atom stereocenters. The monoisotopic (exact) mass is 200 g/mol. The number of methoxy groups -OCH3 is 2. The third kappa shape index (κ3) is 3.79. The van der Waals surface area contributed by atoms with Gasteiger partial charge in [-0.1, -0.05) is 20.4 Å². The van der Waals surface area contributed by atoms with Crippen molar-refractivity contribution in [3.05, 3.63) is 12.3 Å². The van der Waals surface area contributed by atoms with Gasteiger partial charge >= 0.3 is 0 Å². The molecule has 4 nitrogen and oxygen atoms in total. The predicted octanol–water partition coefficient (Wildman–Crippen LogP) is 1.17. The lowest BCUT2D eigenvalue weighted by molar-refractivity contribution is 0.248. The summed E-state index contributed by atoms with van der Waals surface area (Å²) in [5.74, 6) is 1.45. The third-order valence-corrected chi connectivity index (χ3v) is 1.92. The van der Waals surface area contributed by atoms with Crippen molar-refractivity contribution in [2.75, 3.05) is 20.8 Å². The van der Waals surface area contributed by atoms with E-state index in [0.717, 1.165) is 0 Å². The van der Waals surface area contributed by atoms with E-state index in [1.165, 1.54) is 0 Å². The minimum atomic E-state index is -0.0986. The van der Waals surface area contributed by atoms with Gasteiger partial charge in [-0.2, -0.15) is 0 Å². The lowest BCUT2D eigenvalue weighted by Gasteiger charge is -2.18. The van der Waals surface area contributed by atoms with Crippen molar-refractivity contribution in [2.45, 2.75) is 19.9 Å². The van der Waals surface area contributed by atoms with Crippen molar-refractivity contribution in [1.29, 1.82) is 0 Å². The Bertz CT molecular complexity index is 206. The first-order chi connectivity index (χ1) is 6.56. The third-order valence-electron chi connectivity index (χ3n) is 1.92. The Labute approximate surface area is 85.8 Å². The van der Waals surface area contributed by atoms with E-state index in [0.29, 0.717) is 17.6 Å². The van der Waals surface area contributed by atoms with Gasteiger partial charge in [0.25, 0.3) is 0 Å². The van der Waals surface area contributed by atoms with Crippen LogP contribution in [-0.4, -0.2) is 32.7 Å². The Hall–Kier alpha value is -1.03. The van der Waals surface area contributed by atoms with Gasteiger partial charge in [-0.3, -0.25) is 0 Å². The molecular weight excluding hydrogens is 180 g/mol. The van der Waals surface area contributed by atoms with Crippen molar-refractivity contribution in [2.24, 2.45) is 16.6 Å². The minimum Gasteiger partial charge on any atom is -0.499 e. The minimum absolute atomic E-state index is 0.0986. The molecule has 4 heteroatoms. The van der Waals surface area contributed by atoms with Crippen LogP contribution in [0.4, 0.5) is 0 Å². The second-order valence-corrected chi connectivity index (χ2v) is 3.29. The number of hydrogen-bond acceptors (Lipinski definition) is 4. The zero-order chi connectivity index (χ0) is 11.1. The summed E-state index contributed by atoms with van der Waals surface area (Å²) in [6, 6.07) is -0.0986. The van der Waals surface area contributed by atoms with E-state index in [9.17, 15) is 0 Å². The summed E-state index contributed by atoms with van der Waals surface area (Å²) in [6.07, 6.45) is 0. The first-order valence-corrected chi connectivity index (χ1v) is 4.60. The van der Waals surface area contributed by atoms with Gasteiger partial charge in [0.2, 0.25) is 0 Å². The summed E-state index contributed by atoms with van der Waals surface area (Å²) >= 11 is 0. The molecule has 0 aromatic carbocycles. The molecule has 0 bridgehead atoms. The summed E-state index contributed by atoms with van der Waals surface area (Å²) in [5.41, 5.74) is 5.45. The van der Waals surface area contributed by atoms with Gasteiger partial charge in [-0.15, -0.1) is 0 Å². The number of aliphatic imine (C=N–C) groups is 1. The molecule has 14 heavy (non-hydrogen) atoms. The number of rotatable bonds is 5. The van der Waals surface area contributed by atoms with Crippen LogP contribution in [0.1, 0.15) is 13.8 Å². The second kappa shape index (κ2) is 6.43. The topological polar surface area (TPSA) is 56.8 Å². The maximum absolute atomic E-state index is 5.45. The molecule has 0 aliphatic heterocycles. The highest BCUT2D eigenvalue weighted by atomic mass is 16.5. The average Bonchev–Trinajstić information content (AvgIpc) is 2.18. The number of hydrogen-bond donors (Lipinski definition) is 1. The van der Waals surface area contributed by atoms with Crippen molar-refractivity contribution in [1.82, 2.24) is 0 Å². The second-order valence-electron chi connectivity index (χ2n) is 3.29. The van der Waals surface area contributed by atoms with E-state index >= 15 is 0 Å². The molecular formula is C10H20N2O2. The number of nitrogens with two attached hydrogens (primary N) is 1. The van der Waals surface area contributed by atoms with Crippen LogP contribution in [0.5, 0.6) is 0 Å². The molecule has 0 spiro atoms. The molecule has 0 saturated heterocycles. The number of ether oxygens (including phenoxy) is 2. The summed E-state index contributed by atoms with van der Waals surface area (Å²) < 4.78 is 10.1. The summed E-state index contributed by atoms with van der Waals surface area (Å²) in [6.45, 7) is 8.17. The molecule has 0 fully saturated rings. The largest absolute Gasteiger partial charge is 0.499 e. The van der Waals surface area contributed by atoms with Crippen LogP contribution in [0, 0.1) is 5.92 Å². The van der Waals surface area contributed by atoms with Gasteiger partial charge in [0.05, 0.1) is 20.8 Å². The van der Waals surface area contributed by atoms with E-state index in [1.54, 1.807) is 14.2 Å². The average molecular weight is 200 g/mol. The Morgan fingerprint density at radius 3 is 2.21 bits per heavy atom. The molecule has 0 aliphatic carbocycles. The molecule has 82 valence electrons. The van der Waals surface area contributed by atoms with Crippen LogP contribution in [-0.2, 0) is 9.47 Å². The molecule has 0 aromatic rings. The number of nitrogens with zero attached hydrogens (tertiary/aromatic N) is 1. The quantitative estimate of drug-likeness (QED) is 0.412. The van der Waals surface area contributed by atoms with E-state index in [2.05, 4.69) is 11.6 Å². The van der Waals surface area contributed by atoms with Gasteiger partial charge < -0.3 is 15.2 Å². The summed E-state index contributed by atoms with van der Waals surface area (Å²) in [4.78, 5) is 4.33. The van der Waals surface area contributed by atoms with Crippen molar-refractivity contribution < 1.29 is 9.47 Å². The fourth-order valence-electron chi connectivity index (χ4n) is 1.06. The maximum Gasteiger partial charge on any atom is 0.197 e. The molecule has 0 rings (SSSR count). The fourth-order valence-corrected chi connectivity index (χ4v) is 1.06. The zero-order valence-electron chi connectivity index (χ0n) is 9.41. The highest BCUT2D eigenvalue weighted by Crippen LogP contribution is 2.15. The standard InChI is InChI=1S/C10H20N2O2/c1-7(2)10(8(3)13-4)12-9(6-11)14-5/h7,10H,3,6,11H2,1-2,4-5H3/t10-/m1/s1. The highest BCUT2D eigenvalue weighted by Gasteiger charge is 2.17. The molecule has 0 aromatic heterocycles. The van der Waals surface area contributed by atoms with Crippen molar-refractivity contribution in [3.8, 4) is 0 Å². The Balaban J connectivity index is 4.66. The molecule has 0 radical (unpaired) electrons. The molecule has 0 saturated carbocycles. The van der Waals surface area contributed by atoms with Crippen LogP contribution < -0.4 is 5.73 Å². The van der Waals surface area contributed by atoms with Gasteiger partial charge in [-0.25, -0.2) is 4.99 Å². The lowest BCUT2D eigenvalue weighted by atomic mass is 10.0. The Morgan fingerprint density at radius 1 is 1.36 bits per heavy atom. The van der Waals surface area contributed by atoms with E-state index in [1.807, 2.05) is 13.8 Å². The molecule has 2 N–H and O–H groups in total. The van der Waals surface area contributed by atoms with Crippen LogP contribution in [0.2, 0.25) is 0 Å². The van der Waals surface area contributed by atoms with Crippen molar-refractivity contribution >= 4 is 5.90 Å². The molecule has 0 unspecified atom stereocenters. The Morgan fingerprint density at radius 2 is 1.93 bits per heavy atom. The fraction of sp³-hybridized carbons (Fsp3) is 0.700. The first-order valence-electron chi connectivity index (χ1n) is 4.60. The predicted molar refractivity (Wildman–Crippen MR) is 58.3 cm³/mol. The molecule has 0 heterocycles. The van der Waals surface area contributed by atoms with E-state index < -0.39 is 0 Å². The lowest BCUT2D eigenvalue weighted by Crippen LogP contribution is -2.23. The smallest absolute Gasteiger partial charge is 0.197 e. The first kappa shape index (κ1) is 13.0. The van der Waals surface area contributed by atoms with Gasteiger partial charge in [0.1, 0.15) is 11.8 Å². The van der Waals surface area contributed by atoms with Gasteiger partial charge in [0, 0.05) is 0 Å². The van der Waals surface area contributed by atoms with Crippen LogP contribution in [0.3, 0.4) is 0 Å². The van der Waals surface area contributed by atoms with Crippen LogP contribution >= 0.6 is 0 Å². The summed E-state index contributed by atoms with van der Waals surface area (Å²) in [7, 11) is 3.14. The molecule has 0 aliphatic rings. The van der Waals surface area contributed by atoms with Crippen molar-refractivity contribution in [3.63, 3.8) is 0 Å². The van der Waals surface area contributed by atoms with Gasteiger partial charge in [0.15, 0.2) is 5.90 Å². The van der Waals surface area contributed by atoms with E-state index in [-0.39, 0.29) is 12.6 Å². The Kier molecular flexibility index (Phi) is 5.95. The zero-order valence-corrected chi connectivity index (χ0v) is 9.41. The SMILES string of the molecule is C=C(OC)[C@H](N=C(CN)OC)C(C)C. The maximum atomic E-state index is 5.45. The van der Waals surface area contributed by atoms with Crippen LogP contribution in [0.25, 0.3) is 0 Å². The highest BCUT2D eigenvalue weighted by molar-refractivity contribution is 5.78. The van der Waals surface area contributed by atoms with Crippen LogP contribution in [0.15, 0.2) is 17.3 Å². The van der Waals surface area contributed by atoms with Gasteiger partial charge in [-0.05, 0) is 5.92 Å².